The third-order valence-corrected chi connectivity index (χ3v) is 7.19. The Morgan fingerprint density at radius 3 is 1.28 bits per heavy atom. The van der Waals surface area contributed by atoms with Crippen LogP contribution in [0.2, 0.25) is 0 Å². The van der Waals surface area contributed by atoms with Crippen LogP contribution >= 0.6 is 43.6 Å². The lowest BCUT2D eigenvalue weighted by Gasteiger charge is -2.21. The summed E-state index contributed by atoms with van der Waals surface area (Å²) in [4.78, 5) is 26.0. The number of ether oxygens (including phenoxy) is 6. The molecule has 0 spiro atoms. The van der Waals surface area contributed by atoms with E-state index in [0.717, 1.165) is 0 Å². The average Bonchev–Trinajstić information content (AvgIpc) is 2.88. The minimum absolute atomic E-state index is 0.181. The topological polar surface area (TPSA) is 89.5 Å². The van der Waals surface area contributed by atoms with E-state index in [-0.39, 0.29) is 22.6 Å². The second-order valence-corrected chi connectivity index (χ2v) is 10.5. The zero-order chi connectivity index (χ0) is 29.3. The first-order valence-electron chi connectivity index (χ1n) is 12.2. The molecule has 0 aromatic heterocycles. The summed E-state index contributed by atoms with van der Waals surface area (Å²) >= 11 is 8.40. The number of carbonyl (C=O) groups is 2. The molecule has 0 aliphatic heterocycles. The van der Waals surface area contributed by atoms with Crippen LogP contribution in [0.4, 0.5) is 0 Å². The first kappa shape index (κ1) is 32.6. The molecule has 0 fully saturated rings. The van der Waals surface area contributed by atoms with Gasteiger partial charge in [-0.3, -0.25) is 0 Å². The van der Waals surface area contributed by atoms with Gasteiger partial charge in [-0.05, 0) is 73.4 Å². The van der Waals surface area contributed by atoms with E-state index in [2.05, 4.69) is 45.0 Å². The van der Waals surface area contributed by atoms with Gasteiger partial charge in [0, 0.05) is 23.3 Å². The number of hydrogen-bond donors (Lipinski definition) is 0. The molecule has 8 nitrogen and oxygen atoms in total. The molecule has 2 rings (SSSR count). The van der Waals surface area contributed by atoms with Gasteiger partial charge in [0.1, 0.15) is 8.95 Å². The van der Waals surface area contributed by atoms with Gasteiger partial charge in [-0.2, -0.15) is 0 Å². The van der Waals surface area contributed by atoms with Crippen LogP contribution < -0.4 is 28.4 Å². The van der Waals surface area contributed by atoms with E-state index in [1.165, 1.54) is 11.8 Å². The van der Waals surface area contributed by atoms with Crippen molar-refractivity contribution >= 4 is 55.6 Å². The van der Waals surface area contributed by atoms with Crippen molar-refractivity contribution < 1.29 is 38.0 Å². The minimum atomic E-state index is -0.594. The van der Waals surface area contributed by atoms with Gasteiger partial charge in [-0.25, -0.2) is 9.59 Å². The summed E-state index contributed by atoms with van der Waals surface area (Å²) in [6, 6.07) is 3.45. The van der Waals surface area contributed by atoms with Crippen molar-refractivity contribution in [3.63, 3.8) is 0 Å². The summed E-state index contributed by atoms with van der Waals surface area (Å²) in [6.45, 7) is 19.1. The highest BCUT2D eigenvalue weighted by Gasteiger charge is 2.27. The van der Waals surface area contributed by atoms with Crippen LogP contribution in [0.15, 0.2) is 55.2 Å². The Bertz CT molecular complexity index is 1160. The molecule has 11 heteroatoms. The first-order chi connectivity index (χ1) is 18.5. The first-order valence-corrected chi connectivity index (χ1v) is 14.6. The number of carbonyl (C=O) groups excluding carboxylic acids is 2. The Morgan fingerprint density at radius 2 is 1.00 bits per heavy atom. The van der Waals surface area contributed by atoms with Crippen molar-refractivity contribution in [1.29, 1.82) is 0 Å². The predicted molar refractivity (Wildman–Crippen MR) is 158 cm³/mol. The van der Waals surface area contributed by atoms with E-state index in [4.69, 9.17) is 28.4 Å². The molecule has 0 aliphatic rings. The minimum Gasteiger partial charge on any atom is -0.491 e. The Balaban J connectivity index is 2.77. The number of benzene rings is 2. The normalized spacial score (nSPS) is 10.5. The number of halogens is 2. The lowest BCUT2D eigenvalue weighted by atomic mass is 10.2. The van der Waals surface area contributed by atoms with E-state index >= 15 is 0 Å². The van der Waals surface area contributed by atoms with Crippen molar-refractivity contribution in [2.24, 2.45) is 0 Å². The summed E-state index contributed by atoms with van der Waals surface area (Å²) < 4.78 is 35.5. The van der Waals surface area contributed by atoms with Gasteiger partial charge in [-0.15, -0.1) is 0 Å². The molecule has 0 bridgehead atoms. The third kappa shape index (κ3) is 8.18. The number of esters is 2. The molecule has 0 atom stereocenters. The number of hydrogen-bond acceptors (Lipinski definition) is 9. The summed E-state index contributed by atoms with van der Waals surface area (Å²) in [5.74, 6) is 0.709. The lowest BCUT2D eigenvalue weighted by molar-refractivity contribution is -0.131. The van der Waals surface area contributed by atoms with E-state index in [1.54, 1.807) is 26.0 Å². The largest absolute Gasteiger partial charge is 0.491 e. The quantitative estimate of drug-likeness (QED) is 0.112. The molecule has 0 heterocycles. The molecule has 2 aromatic rings. The molecular weight excluding hydrogens is 656 g/mol. The van der Waals surface area contributed by atoms with Gasteiger partial charge in [0.2, 0.25) is 0 Å². The Kier molecular flexibility index (Phi) is 12.7. The summed E-state index contributed by atoms with van der Waals surface area (Å²) in [5, 5.41) is 0. The summed E-state index contributed by atoms with van der Waals surface area (Å²) in [5.41, 5.74) is 0.478. The van der Waals surface area contributed by atoms with E-state index < -0.39 is 11.9 Å². The number of rotatable bonds is 14. The molecule has 212 valence electrons. The van der Waals surface area contributed by atoms with Crippen LogP contribution in [0.25, 0.3) is 0 Å². The second-order valence-electron chi connectivity index (χ2n) is 7.86. The van der Waals surface area contributed by atoms with E-state index in [0.29, 0.717) is 68.2 Å². The van der Waals surface area contributed by atoms with Crippen molar-refractivity contribution in [2.45, 2.75) is 51.3 Å². The molecule has 39 heavy (non-hydrogen) atoms. The highest BCUT2D eigenvalue weighted by molar-refractivity contribution is 9.11. The zero-order valence-electron chi connectivity index (χ0n) is 22.8. The van der Waals surface area contributed by atoms with Crippen molar-refractivity contribution in [3.05, 3.63) is 45.4 Å². The zero-order valence-corrected chi connectivity index (χ0v) is 26.8. The predicted octanol–water partition coefficient (Wildman–Crippen LogP) is 7.92. The maximum absolute atomic E-state index is 12.3. The standard InChI is InChI=1S/C28H32Br2O8S/c1-9-33-17-13-19(25(35-11-3)21(29)23(17)37-27(31)15(5)6)39-20-14-18(34-10-2)24(38-28(32)16(7)8)22(30)26(20)36-12-4/h13-14H,5,7,9-12H2,1-4,6,8H3. The maximum Gasteiger partial charge on any atom is 0.338 e. The molecule has 0 unspecified atom stereocenters. The van der Waals surface area contributed by atoms with Gasteiger partial charge in [0.25, 0.3) is 0 Å². The Morgan fingerprint density at radius 1 is 0.667 bits per heavy atom. The van der Waals surface area contributed by atoms with Crippen LogP contribution in [0, 0.1) is 0 Å². The highest BCUT2D eigenvalue weighted by atomic mass is 79.9. The van der Waals surface area contributed by atoms with Gasteiger partial charge < -0.3 is 28.4 Å². The summed E-state index contributed by atoms with van der Waals surface area (Å²) in [7, 11) is 0. The van der Waals surface area contributed by atoms with Crippen molar-refractivity contribution in [2.75, 3.05) is 26.4 Å². The summed E-state index contributed by atoms with van der Waals surface area (Å²) in [6.07, 6.45) is 0. The smallest absolute Gasteiger partial charge is 0.338 e. The van der Waals surface area contributed by atoms with E-state index in [1.807, 2.05) is 27.7 Å². The molecule has 0 saturated heterocycles. The fourth-order valence-electron chi connectivity index (χ4n) is 3.04. The fraction of sp³-hybridized carbons (Fsp3) is 0.357. The van der Waals surface area contributed by atoms with Crippen molar-refractivity contribution in [3.8, 4) is 34.5 Å². The highest BCUT2D eigenvalue weighted by Crippen LogP contribution is 2.54. The van der Waals surface area contributed by atoms with Crippen LogP contribution in [0.3, 0.4) is 0 Å². The third-order valence-electron chi connectivity index (χ3n) is 4.70. The second kappa shape index (κ2) is 15.2. The molecule has 0 N–H and O–H groups in total. The molecular formula is C28H32Br2O8S. The molecule has 0 radical (unpaired) electrons. The van der Waals surface area contributed by atoms with Gasteiger partial charge >= 0.3 is 11.9 Å². The van der Waals surface area contributed by atoms with Crippen LogP contribution in [0.1, 0.15) is 41.5 Å². The monoisotopic (exact) mass is 686 g/mol. The van der Waals surface area contributed by atoms with Crippen molar-refractivity contribution in [1.82, 2.24) is 0 Å². The van der Waals surface area contributed by atoms with Gasteiger partial charge in [0.15, 0.2) is 34.5 Å². The Labute approximate surface area is 250 Å². The molecule has 2 aromatic carbocycles. The lowest BCUT2D eigenvalue weighted by Crippen LogP contribution is -2.11. The Hall–Kier alpha value is -2.63. The average molecular weight is 688 g/mol. The van der Waals surface area contributed by atoms with E-state index in [9.17, 15) is 9.59 Å². The van der Waals surface area contributed by atoms with Crippen LogP contribution in [0.5, 0.6) is 34.5 Å². The maximum atomic E-state index is 12.3. The van der Waals surface area contributed by atoms with Gasteiger partial charge in [0.05, 0.1) is 36.2 Å². The molecule has 0 amide bonds. The van der Waals surface area contributed by atoms with Gasteiger partial charge in [-0.1, -0.05) is 24.9 Å². The van der Waals surface area contributed by atoms with Crippen LogP contribution in [-0.2, 0) is 9.59 Å². The molecule has 0 saturated carbocycles. The SMILES string of the molecule is C=C(C)C(=O)Oc1c(OCC)cc(Sc2cc(OCC)c(OC(=O)C(=C)C)c(Br)c2OCC)c(OCC)c1Br. The fourth-order valence-corrected chi connectivity index (χ4v) is 5.59. The molecule has 0 aliphatic carbocycles. The van der Waals surface area contributed by atoms with Crippen LogP contribution in [-0.4, -0.2) is 38.4 Å².